The zero-order valence-corrected chi connectivity index (χ0v) is 17.0. The van der Waals surface area contributed by atoms with Gasteiger partial charge in [-0.15, -0.1) is 0 Å². The van der Waals surface area contributed by atoms with Gasteiger partial charge >= 0.3 is 12.2 Å². The van der Waals surface area contributed by atoms with Gasteiger partial charge in [-0.3, -0.25) is 0 Å². The molecule has 32 heavy (non-hydrogen) atoms. The Bertz CT molecular complexity index is 1130. The molecule has 8 heteroatoms. The first-order valence-electron chi connectivity index (χ1n) is 9.90. The molecule has 0 amide bonds. The van der Waals surface area contributed by atoms with Crippen molar-refractivity contribution < 1.29 is 23.0 Å². The molecule has 0 aliphatic carbocycles. The first-order valence-corrected chi connectivity index (χ1v) is 9.90. The molecular weight excluding hydrogens is 419 g/mol. The lowest BCUT2D eigenvalue weighted by Gasteiger charge is -2.24. The maximum Gasteiger partial charge on any atom is 0.416 e. The van der Waals surface area contributed by atoms with Gasteiger partial charge in [-0.1, -0.05) is 24.3 Å². The first kappa shape index (κ1) is 21.6. The van der Waals surface area contributed by atoms with E-state index in [9.17, 15) is 18.3 Å². The molecule has 2 heterocycles. The number of hydrogen-bond donors (Lipinski definition) is 1. The predicted octanol–water partition coefficient (Wildman–Crippen LogP) is 5.19. The van der Waals surface area contributed by atoms with Gasteiger partial charge in [0.25, 0.3) is 0 Å². The average molecular weight is 439 g/mol. The van der Waals surface area contributed by atoms with E-state index in [0.717, 1.165) is 17.7 Å². The topological polar surface area (TPSA) is 58.5 Å². The lowest BCUT2D eigenvalue weighted by Crippen LogP contribution is -2.19. The summed E-state index contributed by atoms with van der Waals surface area (Å²) < 4.78 is 44.9. The number of allylic oxidation sites excluding steroid dienone is 2. The standard InChI is InChI=1S/C24H20F3N3O2/c25-24(26,27)20-5-4-19(16-31)22(14-20)18-8-12-30(13-9-18)15-17-2-6-21(7-3-17)32-23-28-10-1-11-29-23/h1-12,14,31H,13,15-16H2. The molecule has 164 valence electrons. The second kappa shape index (κ2) is 9.23. The minimum absolute atomic E-state index is 0.272. The lowest BCUT2D eigenvalue weighted by atomic mass is 9.95. The third-order valence-corrected chi connectivity index (χ3v) is 4.99. The fourth-order valence-corrected chi connectivity index (χ4v) is 3.35. The molecule has 1 aliphatic rings. The van der Waals surface area contributed by atoms with Crippen molar-refractivity contribution in [3.63, 3.8) is 0 Å². The van der Waals surface area contributed by atoms with E-state index in [0.29, 0.717) is 35.5 Å². The molecule has 0 radical (unpaired) electrons. The smallest absolute Gasteiger partial charge is 0.416 e. The number of aliphatic hydroxyl groups excluding tert-OH is 1. The van der Waals surface area contributed by atoms with Crippen LogP contribution in [0.4, 0.5) is 13.2 Å². The Morgan fingerprint density at radius 3 is 2.41 bits per heavy atom. The molecule has 0 atom stereocenters. The fraction of sp³-hybridized carbons (Fsp3) is 0.167. The van der Waals surface area contributed by atoms with Gasteiger partial charge in [0.05, 0.1) is 12.2 Å². The number of aromatic nitrogens is 2. The number of hydrogen-bond acceptors (Lipinski definition) is 5. The molecule has 4 rings (SSSR count). The van der Waals surface area contributed by atoms with Crippen LogP contribution in [0.5, 0.6) is 11.8 Å². The predicted molar refractivity (Wildman–Crippen MR) is 113 cm³/mol. The summed E-state index contributed by atoms with van der Waals surface area (Å²) in [5.74, 6) is 0.623. The highest BCUT2D eigenvalue weighted by Gasteiger charge is 2.31. The van der Waals surface area contributed by atoms with Gasteiger partial charge in [-0.05, 0) is 58.7 Å². The van der Waals surface area contributed by atoms with Crippen molar-refractivity contribution in [2.75, 3.05) is 6.54 Å². The highest BCUT2D eigenvalue weighted by Crippen LogP contribution is 2.33. The summed E-state index contributed by atoms with van der Waals surface area (Å²) in [5, 5.41) is 9.54. The van der Waals surface area contributed by atoms with E-state index in [2.05, 4.69) is 9.97 Å². The van der Waals surface area contributed by atoms with Crippen LogP contribution in [0, 0.1) is 0 Å². The quantitative estimate of drug-likeness (QED) is 0.573. The van der Waals surface area contributed by atoms with Crippen LogP contribution in [0.1, 0.15) is 22.3 Å². The summed E-state index contributed by atoms with van der Waals surface area (Å²) in [6.45, 7) is 0.825. The monoisotopic (exact) mass is 439 g/mol. The van der Waals surface area contributed by atoms with Gasteiger partial charge in [0.2, 0.25) is 0 Å². The van der Waals surface area contributed by atoms with Crippen molar-refractivity contribution in [3.8, 4) is 11.8 Å². The van der Waals surface area contributed by atoms with E-state index in [1.165, 1.54) is 6.07 Å². The minimum atomic E-state index is -4.43. The summed E-state index contributed by atoms with van der Waals surface area (Å²) in [6, 6.07) is 12.9. The van der Waals surface area contributed by atoms with Crippen molar-refractivity contribution in [2.24, 2.45) is 0 Å². The summed E-state index contributed by atoms with van der Waals surface area (Å²) in [5.41, 5.74) is 1.82. The van der Waals surface area contributed by atoms with Crippen LogP contribution in [0.15, 0.2) is 79.3 Å². The number of nitrogens with zero attached hydrogens (tertiary/aromatic N) is 3. The van der Waals surface area contributed by atoms with E-state index in [1.54, 1.807) is 24.5 Å². The van der Waals surface area contributed by atoms with Crippen molar-refractivity contribution in [2.45, 2.75) is 19.3 Å². The van der Waals surface area contributed by atoms with Crippen LogP contribution >= 0.6 is 0 Å². The summed E-state index contributed by atoms with van der Waals surface area (Å²) in [6.07, 6.45) is 4.24. The molecule has 0 bridgehead atoms. The van der Waals surface area contributed by atoms with Crippen molar-refractivity contribution in [3.05, 3.63) is 102 Å². The number of halogens is 3. The lowest BCUT2D eigenvalue weighted by molar-refractivity contribution is -0.137. The minimum Gasteiger partial charge on any atom is -0.424 e. The van der Waals surface area contributed by atoms with Gasteiger partial charge in [-0.25, -0.2) is 9.97 Å². The van der Waals surface area contributed by atoms with Gasteiger partial charge < -0.3 is 14.7 Å². The molecule has 0 saturated carbocycles. The Labute approximate surface area is 183 Å². The molecule has 0 fully saturated rings. The Hall–Kier alpha value is -3.65. The average Bonchev–Trinajstić information content (AvgIpc) is 2.80. The second-order valence-electron chi connectivity index (χ2n) is 7.21. The molecular formula is C24H20F3N3O2. The Kier molecular flexibility index (Phi) is 6.23. The number of benzene rings is 2. The number of rotatable bonds is 6. The Morgan fingerprint density at radius 1 is 1.03 bits per heavy atom. The summed E-state index contributed by atoms with van der Waals surface area (Å²) >= 11 is 0. The van der Waals surface area contributed by atoms with Gasteiger partial charge in [0.1, 0.15) is 5.75 Å². The zero-order chi connectivity index (χ0) is 22.6. The number of alkyl halides is 3. The fourth-order valence-electron chi connectivity index (χ4n) is 3.35. The van der Waals surface area contributed by atoms with E-state index < -0.39 is 11.7 Å². The van der Waals surface area contributed by atoms with Crippen molar-refractivity contribution >= 4 is 5.57 Å². The van der Waals surface area contributed by atoms with Gasteiger partial charge in [0.15, 0.2) is 0 Å². The van der Waals surface area contributed by atoms with E-state index in [4.69, 9.17) is 4.74 Å². The van der Waals surface area contributed by atoms with Crippen LogP contribution in [-0.4, -0.2) is 26.5 Å². The highest BCUT2D eigenvalue weighted by molar-refractivity contribution is 5.77. The maximum atomic E-state index is 13.1. The SMILES string of the molecule is OCc1ccc(C(F)(F)F)cc1C1=CCN(Cc2ccc(Oc3ncccn3)cc2)C=C1. The van der Waals surface area contributed by atoms with Crippen molar-refractivity contribution in [1.29, 1.82) is 0 Å². The molecule has 0 spiro atoms. The molecule has 1 aliphatic heterocycles. The molecule has 2 aromatic carbocycles. The van der Waals surface area contributed by atoms with E-state index >= 15 is 0 Å². The second-order valence-corrected chi connectivity index (χ2v) is 7.21. The van der Waals surface area contributed by atoms with E-state index in [-0.39, 0.29) is 12.6 Å². The number of ether oxygens (including phenoxy) is 1. The zero-order valence-electron chi connectivity index (χ0n) is 17.0. The molecule has 3 aromatic rings. The van der Waals surface area contributed by atoms with Crippen LogP contribution < -0.4 is 4.74 Å². The van der Waals surface area contributed by atoms with E-state index in [1.807, 2.05) is 41.4 Å². The van der Waals surface area contributed by atoms with Crippen LogP contribution in [0.3, 0.4) is 0 Å². The van der Waals surface area contributed by atoms with Crippen LogP contribution in [0.2, 0.25) is 0 Å². The van der Waals surface area contributed by atoms with Crippen LogP contribution in [0.25, 0.3) is 5.57 Å². The molecule has 0 saturated heterocycles. The Morgan fingerprint density at radius 2 is 1.78 bits per heavy atom. The largest absolute Gasteiger partial charge is 0.424 e. The highest BCUT2D eigenvalue weighted by atomic mass is 19.4. The molecule has 1 N–H and O–H groups in total. The Balaban J connectivity index is 1.41. The molecule has 0 unspecified atom stereocenters. The van der Waals surface area contributed by atoms with Crippen molar-refractivity contribution in [1.82, 2.24) is 14.9 Å². The third kappa shape index (κ3) is 5.15. The summed E-state index contributed by atoms with van der Waals surface area (Å²) in [4.78, 5) is 10.1. The van der Waals surface area contributed by atoms with Gasteiger partial charge in [0, 0.05) is 31.7 Å². The van der Waals surface area contributed by atoms with Gasteiger partial charge in [-0.2, -0.15) is 13.2 Å². The maximum absolute atomic E-state index is 13.1. The normalized spacial score (nSPS) is 13.8. The van der Waals surface area contributed by atoms with Crippen LogP contribution in [-0.2, 0) is 19.3 Å². The molecule has 5 nitrogen and oxygen atoms in total. The number of aliphatic hydroxyl groups is 1. The third-order valence-electron chi connectivity index (χ3n) is 4.99. The molecule has 1 aromatic heterocycles. The summed E-state index contributed by atoms with van der Waals surface area (Å²) in [7, 11) is 0. The first-order chi connectivity index (χ1) is 15.4.